The molecule has 120 valence electrons. The fourth-order valence-corrected chi connectivity index (χ4v) is 3.53. The van der Waals surface area contributed by atoms with Crippen LogP contribution in [0.1, 0.15) is 20.3 Å². The molecule has 0 aliphatic carbocycles. The van der Waals surface area contributed by atoms with E-state index >= 15 is 0 Å². The maximum Gasteiger partial charge on any atom is 0.243 e. The topological polar surface area (TPSA) is 75.4 Å². The summed E-state index contributed by atoms with van der Waals surface area (Å²) in [5.41, 5.74) is 5.76. The van der Waals surface area contributed by atoms with E-state index in [0.717, 1.165) is 12.1 Å². The second-order valence-electron chi connectivity index (χ2n) is 5.90. The number of nitrogens with zero attached hydrogens (tertiary/aromatic N) is 1. The van der Waals surface area contributed by atoms with Crippen LogP contribution in [0.3, 0.4) is 0 Å². The van der Waals surface area contributed by atoms with Gasteiger partial charge in [0.25, 0.3) is 0 Å². The highest BCUT2D eigenvalue weighted by molar-refractivity contribution is 7.89. The number of sulfonamides is 1. The van der Waals surface area contributed by atoms with Crippen LogP contribution in [0.15, 0.2) is 23.1 Å². The van der Waals surface area contributed by atoms with Crippen molar-refractivity contribution < 1.29 is 12.8 Å². The molecule has 7 heteroatoms. The van der Waals surface area contributed by atoms with E-state index in [2.05, 4.69) is 4.72 Å². The number of hydrogen-bond donors (Lipinski definition) is 2. The lowest BCUT2D eigenvalue weighted by atomic mass is 10.0. The molecule has 1 aromatic carbocycles. The average Bonchev–Trinajstić information content (AvgIpc) is 2.29. The number of nitrogen functional groups attached to an aromatic ring is 1. The molecule has 0 aliphatic heterocycles. The smallest absolute Gasteiger partial charge is 0.243 e. The third kappa shape index (κ3) is 5.61. The summed E-state index contributed by atoms with van der Waals surface area (Å²) >= 11 is 0. The fourth-order valence-electron chi connectivity index (χ4n) is 2.18. The van der Waals surface area contributed by atoms with Crippen LogP contribution in [0.2, 0.25) is 0 Å². The number of anilines is 1. The fraction of sp³-hybridized carbons (Fsp3) is 0.571. The number of nitrogens with one attached hydrogen (secondary N) is 1. The molecule has 21 heavy (non-hydrogen) atoms. The minimum absolute atomic E-state index is 0.213. The summed E-state index contributed by atoms with van der Waals surface area (Å²) in [7, 11) is -0.208. The minimum Gasteiger partial charge on any atom is -0.399 e. The van der Waals surface area contributed by atoms with Gasteiger partial charge in [-0.1, -0.05) is 13.8 Å². The number of benzene rings is 1. The molecule has 0 spiro atoms. The van der Waals surface area contributed by atoms with Crippen LogP contribution in [0.5, 0.6) is 0 Å². The molecule has 0 saturated carbocycles. The number of nitrogens with two attached hydrogens (primary N) is 1. The van der Waals surface area contributed by atoms with E-state index in [9.17, 15) is 12.8 Å². The zero-order chi connectivity index (χ0) is 16.2. The highest BCUT2D eigenvalue weighted by Gasteiger charge is 2.24. The van der Waals surface area contributed by atoms with Crippen molar-refractivity contribution >= 4 is 15.7 Å². The van der Waals surface area contributed by atoms with E-state index in [4.69, 9.17) is 5.73 Å². The van der Waals surface area contributed by atoms with E-state index in [0.29, 0.717) is 18.9 Å². The SMILES string of the molecule is CC(C)CC(CN(C)C)NS(=O)(=O)c1cc(N)ccc1F. The molecule has 1 rings (SSSR count). The van der Waals surface area contributed by atoms with Crippen LogP contribution in [-0.4, -0.2) is 40.0 Å². The number of rotatable bonds is 7. The highest BCUT2D eigenvalue weighted by atomic mass is 32.2. The third-order valence-corrected chi connectivity index (χ3v) is 4.44. The molecule has 1 aromatic rings. The lowest BCUT2D eigenvalue weighted by Gasteiger charge is -2.24. The van der Waals surface area contributed by atoms with Gasteiger partial charge in [-0.25, -0.2) is 17.5 Å². The zero-order valence-corrected chi connectivity index (χ0v) is 13.7. The van der Waals surface area contributed by atoms with Gasteiger partial charge in [0.1, 0.15) is 10.7 Å². The number of likely N-dealkylation sites (N-methyl/N-ethyl adjacent to an activating group) is 1. The predicted octanol–water partition coefficient (Wildman–Crippen LogP) is 1.66. The van der Waals surface area contributed by atoms with Gasteiger partial charge in [0.05, 0.1) is 0 Å². The van der Waals surface area contributed by atoms with E-state index in [1.54, 1.807) is 0 Å². The van der Waals surface area contributed by atoms with Crippen molar-refractivity contribution in [3.8, 4) is 0 Å². The Bertz CT molecular complexity index is 564. The lowest BCUT2D eigenvalue weighted by molar-refractivity contribution is 0.329. The lowest BCUT2D eigenvalue weighted by Crippen LogP contribution is -2.42. The summed E-state index contributed by atoms with van der Waals surface area (Å²) in [5, 5.41) is 0. The van der Waals surface area contributed by atoms with Crippen LogP contribution in [0, 0.1) is 11.7 Å². The maximum atomic E-state index is 13.8. The summed E-state index contributed by atoms with van der Waals surface area (Å²) in [6.45, 7) is 4.57. The zero-order valence-electron chi connectivity index (χ0n) is 12.9. The van der Waals surface area contributed by atoms with E-state index in [1.807, 2.05) is 32.8 Å². The van der Waals surface area contributed by atoms with Crippen molar-refractivity contribution in [1.29, 1.82) is 0 Å². The molecule has 1 unspecified atom stereocenters. The van der Waals surface area contributed by atoms with Crippen molar-refractivity contribution in [2.24, 2.45) is 5.92 Å². The standard InChI is InChI=1S/C14H24FN3O2S/c1-10(2)7-12(9-18(3)4)17-21(19,20)14-8-11(16)5-6-13(14)15/h5-6,8,10,12,17H,7,9,16H2,1-4H3. The van der Waals surface area contributed by atoms with Crippen molar-refractivity contribution in [3.05, 3.63) is 24.0 Å². The van der Waals surface area contributed by atoms with Crippen LogP contribution in [0.25, 0.3) is 0 Å². The molecule has 0 aromatic heterocycles. The van der Waals surface area contributed by atoms with Gasteiger partial charge in [0.15, 0.2) is 0 Å². The van der Waals surface area contributed by atoms with Gasteiger partial charge in [-0.3, -0.25) is 0 Å². The Balaban J connectivity index is 3.02. The van der Waals surface area contributed by atoms with Crippen molar-refractivity contribution in [1.82, 2.24) is 9.62 Å². The Labute approximate surface area is 126 Å². The molecule has 1 atom stereocenters. The average molecular weight is 317 g/mol. The number of hydrogen-bond acceptors (Lipinski definition) is 4. The van der Waals surface area contributed by atoms with Gasteiger partial charge in [-0.15, -0.1) is 0 Å². The van der Waals surface area contributed by atoms with Crippen molar-refractivity contribution in [2.75, 3.05) is 26.4 Å². The molecule has 5 nitrogen and oxygen atoms in total. The second-order valence-corrected chi connectivity index (χ2v) is 7.58. The van der Waals surface area contributed by atoms with Crippen LogP contribution in [0.4, 0.5) is 10.1 Å². The summed E-state index contributed by atoms with van der Waals surface area (Å²) in [6.07, 6.45) is 0.668. The first-order valence-corrected chi connectivity index (χ1v) is 8.32. The van der Waals surface area contributed by atoms with E-state index in [1.165, 1.54) is 6.07 Å². The quantitative estimate of drug-likeness (QED) is 0.750. The first kappa shape index (κ1) is 17.9. The van der Waals surface area contributed by atoms with Gasteiger partial charge in [0, 0.05) is 18.3 Å². The first-order chi connectivity index (χ1) is 9.61. The van der Waals surface area contributed by atoms with E-state index < -0.39 is 20.7 Å². The van der Waals surface area contributed by atoms with Gasteiger partial charge >= 0.3 is 0 Å². The van der Waals surface area contributed by atoms with Crippen LogP contribution >= 0.6 is 0 Å². The highest BCUT2D eigenvalue weighted by Crippen LogP contribution is 2.19. The largest absolute Gasteiger partial charge is 0.399 e. The molecule has 0 radical (unpaired) electrons. The van der Waals surface area contributed by atoms with Gasteiger partial charge in [-0.05, 0) is 44.6 Å². The van der Waals surface area contributed by atoms with Gasteiger partial charge in [0.2, 0.25) is 10.0 Å². The Morgan fingerprint density at radius 3 is 2.48 bits per heavy atom. The van der Waals surface area contributed by atoms with Gasteiger partial charge in [-0.2, -0.15) is 0 Å². The minimum atomic E-state index is -3.94. The molecule has 0 fully saturated rings. The number of halogens is 1. The normalized spacial score (nSPS) is 13.9. The third-order valence-electron chi connectivity index (χ3n) is 2.91. The predicted molar refractivity (Wildman–Crippen MR) is 82.9 cm³/mol. The monoisotopic (exact) mass is 317 g/mol. The molecule has 0 bridgehead atoms. The molecule has 0 amide bonds. The summed E-state index contributed by atoms with van der Waals surface area (Å²) < 4.78 is 41.0. The first-order valence-electron chi connectivity index (χ1n) is 6.84. The second kappa shape index (κ2) is 7.20. The summed E-state index contributed by atoms with van der Waals surface area (Å²) in [5.74, 6) is -0.479. The maximum absolute atomic E-state index is 13.8. The molecule has 3 N–H and O–H groups in total. The summed E-state index contributed by atoms with van der Waals surface area (Å²) in [4.78, 5) is 1.49. The Hall–Kier alpha value is -1.18. The molecule has 0 saturated heterocycles. The molecule has 0 aliphatic rings. The van der Waals surface area contributed by atoms with Crippen molar-refractivity contribution in [2.45, 2.75) is 31.2 Å². The molecular formula is C14H24FN3O2S. The van der Waals surface area contributed by atoms with Crippen molar-refractivity contribution in [3.63, 3.8) is 0 Å². The molecule has 0 heterocycles. The molecular weight excluding hydrogens is 293 g/mol. The Morgan fingerprint density at radius 2 is 1.95 bits per heavy atom. The van der Waals surface area contributed by atoms with Gasteiger partial charge < -0.3 is 10.6 Å². The van der Waals surface area contributed by atoms with Crippen LogP contribution < -0.4 is 10.5 Å². The summed E-state index contributed by atoms with van der Waals surface area (Å²) in [6, 6.07) is 3.25. The van der Waals surface area contributed by atoms with Crippen LogP contribution in [-0.2, 0) is 10.0 Å². The Kier molecular flexibility index (Phi) is 6.12. The Morgan fingerprint density at radius 1 is 1.33 bits per heavy atom. The van der Waals surface area contributed by atoms with E-state index in [-0.39, 0.29) is 11.7 Å².